The van der Waals surface area contributed by atoms with Crippen molar-refractivity contribution >= 4 is 97.7 Å². The van der Waals surface area contributed by atoms with Gasteiger partial charge in [-0.2, -0.15) is 0 Å². The molecule has 0 spiro atoms. The standard InChI is InChI=1S/C72H42N6/c1-2-12-52-39-53(26-19-43(52)9-1)61-33-27-46-20-21-47-28-34-62(74-68(47)67(46)73-61)54-40-55(63-35-29-48-22-24-50-31-37-65(77-71(50)69(48)75-63)59-17-7-13-44-10-3-5-15-57(44)59)42-56(41-54)64-36-30-49-23-25-51-32-38-66(78-72(51)70(49)76-64)60-18-8-14-45-11-4-6-16-58(45)60/h1-42H. The molecule has 360 valence electrons. The van der Waals surface area contributed by atoms with Gasteiger partial charge >= 0.3 is 0 Å². The molecule has 78 heavy (non-hydrogen) atoms. The summed E-state index contributed by atoms with van der Waals surface area (Å²) in [6.07, 6.45) is 0. The second-order valence-corrected chi connectivity index (χ2v) is 20.2. The van der Waals surface area contributed by atoms with Crippen LogP contribution in [0.2, 0.25) is 0 Å². The number of nitrogens with zero attached hydrogens (tertiary/aromatic N) is 6. The first-order valence-electron chi connectivity index (χ1n) is 26.3. The van der Waals surface area contributed by atoms with Crippen LogP contribution < -0.4 is 0 Å². The summed E-state index contributed by atoms with van der Waals surface area (Å²) in [5.41, 5.74) is 16.3. The molecule has 0 aliphatic heterocycles. The molecule has 0 atom stereocenters. The van der Waals surface area contributed by atoms with Crippen LogP contribution in [-0.4, -0.2) is 29.9 Å². The Morgan fingerprint density at radius 3 is 0.846 bits per heavy atom. The van der Waals surface area contributed by atoms with Crippen LogP contribution >= 0.6 is 0 Å². The van der Waals surface area contributed by atoms with E-state index in [0.717, 1.165) is 144 Å². The Balaban J connectivity index is 0.886. The maximum Gasteiger partial charge on any atom is 0.0972 e. The molecule has 6 nitrogen and oxygen atoms in total. The van der Waals surface area contributed by atoms with E-state index >= 15 is 0 Å². The molecule has 16 rings (SSSR count). The third-order valence-electron chi connectivity index (χ3n) is 15.6. The molecule has 10 aromatic carbocycles. The highest BCUT2D eigenvalue weighted by Gasteiger charge is 2.17. The highest BCUT2D eigenvalue weighted by atomic mass is 14.8. The maximum atomic E-state index is 5.52. The van der Waals surface area contributed by atoms with E-state index in [1.165, 1.54) is 21.5 Å². The lowest BCUT2D eigenvalue weighted by atomic mass is 9.97. The Bertz CT molecular complexity index is 4950. The minimum atomic E-state index is 0.816. The summed E-state index contributed by atoms with van der Waals surface area (Å²) in [6, 6.07) is 89.9. The topological polar surface area (TPSA) is 77.3 Å². The maximum absolute atomic E-state index is 5.52. The summed E-state index contributed by atoms with van der Waals surface area (Å²) < 4.78 is 0. The molecule has 16 aromatic rings. The monoisotopic (exact) mass is 990 g/mol. The Labute approximate surface area is 447 Å². The van der Waals surface area contributed by atoms with E-state index in [-0.39, 0.29) is 0 Å². The van der Waals surface area contributed by atoms with Crippen molar-refractivity contribution in [3.05, 3.63) is 255 Å². The minimum Gasteiger partial charge on any atom is -0.245 e. The summed E-state index contributed by atoms with van der Waals surface area (Å²) >= 11 is 0. The minimum absolute atomic E-state index is 0.816. The quantitative estimate of drug-likeness (QED) is 0.155. The van der Waals surface area contributed by atoms with Crippen molar-refractivity contribution in [3.63, 3.8) is 0 Å². The molecular formula is C72H42N6. The first-order valence-corrected chi connectivity index (χ1v) is 26.3. The van der Waals surface area contributed by atoms with Crippen LogP contribution in [0, 0.1) is 0 Å². The Morgan fingerprint density at radius 1 is 0.167 bits per heavy atom. The average molecular weight is 991 g/mol. The predicted molar refractivity (Wildman–Crippen MR) is 323 cm³/mol. The van der Waals surface area contributed by atoms with Crippen molar-refractivity contribution in [1.82, 2.24) is 29.9 Å². The Kier molecular flexibility index (Phi) is 9.84. The number of pyridine rings is 6. The Morgan fingerprint density at radius 2 is 0.449 bits per heavy atom. The largest absolute Gasteiger partial charge is 0.245 e. The van der Waals surface area contributed by atoms with E-state index < -0.39 is 0 Å². The molecule has 0 aliphatic carbocycles. The van der Waals surface area contributed by atoms with Crippen LogP contribution in [0.4, 0.5) is 0 Å². The van der Waals surface area contributed by atoms with Crippen molar-refractivity contribution in [2.45, 2.75) is 0 Å². The van der Waals surface area contributed by atoms with Crippen LogP contribution in [0.15, 0.2) is 255 Å². The molecule has 0 saturated heterocycles. The zero-order valence-electron chi connectivity index (χ0n) is 41.9. The fourth-order valence-corrected chi connectivity index (χ4v) is 11.6. The zero-order chi connectivity index (χ0) is 51.3. The van der Waals surface area contributed by atoms with Gasteiger partial charge in [0.25, 0.3) is 0 Å². The lowest BCUT2D eigenvalue weighted by Crippen LogP contribution is -1.95. The molecule has 0 radical (unpaired) electrons. The highest BCUT2D eigenvalue weighted by molar-refractivity contribution is 6.08. The molecule has 0 unspecified atom stereocenters. The van der Waals surface area contributed by atoms with Gasteiger partial charge in [0.2, 0.25) is 0 Å². The number of benzene rings is 10. The lowest BCUT2D eigenvalue weighted by Gasteiger charge is -2.13. The Hall–Kier alpha value is -10.6. The fourth-order valence-electron chi connectivity index (χ4n) is 11.6. The van der Waals surface area contributed by atoms with Crippen molar-refractivity contribution in [1.29, 1.82) is 0 Å². The normalized spacial score (nSPS) is 11.8. The van der Waals surface area contributed by atoms with Crippen molar-refractivity contribution in [3.8, 4) is 67.5 Å². The number of rotatable bonds is 6. The van der Waals surface area contributed by atoms with Crippen molar-refractivity contribution in [2.24, 2.45) is 0 Å². The third kappa shape index (κ3) is 7.34. The molecule has 6 heteroatoms. The number of hydrogen-bond acceptors (Lipinski definition) is 6. The summed E-state index contributed by atoms with van der Waals surface area (Å²) in [5, 5.41) is 13.2. The molecular weight excluding hydrogens is 949 g/mol. The smallest absolute Gasteiger partial charge is 0.0972 e. The van der Waals surface area contributed by atoms with Gasteiger partial charge in [0, 0.05) is 65.7 Å². The molecule has 0 aliphatic rings. The summed E-state index contributed by atoms with van der Waals surface area (Å²) in [5.74, 6) is 0. The number of hydrogen-bond donors (Lipinski definition) is 0. The summed E-state index contributed by atoms with van der Waals surface area (Å²) in [6.45, 7) is 0. The first kappa shape index (κ1) is 43.8. The van der Waals surface area contributed by atoms with Gasteiger partial charge in [-0.05, 0) is 93.0 Å². The number of fused-ring (bicyclic) bond motifs is 12. The van der Waals surface area contributed by atoms with Gasteiger partial charge in [0.1, 0.15) is 0 Å². The predicted octanol–water partition coefficient (Wildman–Crippen LogP) is 18.4. The van der Waals surface area contributed by atoms with E-state index in [1.54, 1.807) is 0 Å². The van der Waals surface area contributed by atoms with E-state index in [1.807, 2.05) is 0 Å². The third-order valence-corrected chi connectivity index (χ3v) is 15.6. The first-order chi connectivity index (χ1) is 38.6. The second kappa shape index (κ2) is 17.5. The van der Waals surface area contributed by atoms with Crippen LogP contribution in [-0.2, 0) is 0 Å². The van der Waals surface area contributed by atoms with E-state index in [0.29, 0.717) is 0 Å². The summed E-state index contributed by atoms with van der Waals surface area (Å²) in [7, 11) is 0. The second-order valence-electron chi connectivity index (χ2n) is 20.2. The molecule has 0 amide bonds. The molecule has 6 heterocycles. The highest BCUT2D eigenvalue weighted by Crippen LogP contribution is 2.38. The SMILES string of the molecule is c1ccc2cc(-c3ccc4ccc5ccc(-c6cc(-c7ccc8ccc9ccc(-c%10cccc%11ccccc%10%11)nc9c8n7)cc(-c7ccc8ccc9ccc(-c%10cccc%11ccccc%10%11)nc9c8n7)c6)nc5c4n3)ccc2c1. The van der Waals surface area contributed by atoms with Crippen LogP contribution in [0.1, 0.15) is 0 Å². The van der Waals surface area contributed by atoms with Gasteiger partial charge in [-0.3, -0.25) is 0 Å². The van der Waals surface area contributed by atoms with Crippen LogP contribution in [0.5, 0.6) is 0 Å². The van der Waals surface area contributed by atoms with E-state index in [9.17, 15) is 0 Å². The van der Waals surface area contributed by atoms with Gasteiger partial charge in [-0.15, -0.1) is 0 Å². The van der Waals surface area contributed by atoms with Crippen molar-refractivity contribution < 1.29 is 0 Å². The molecule has 6 aromatic heterocycles. The average Bonchev–Trinajstić information content (AvgIpc) is 3.65. The molecule has 0 N–H and O–H groups in total. The van der Waals surface area contributed by atoms with Gasteiger partial charge in [-0.25, -0.2) is 29.9 Å². The van der Waals surface area contributed by atoms with Gasteiger partial charge < -0.3 is 0 Å². The van der Waals surface area contributed by atoms with Crippen LogP contribution in [0.25, 0.3) is 165 Å². The van der Waals surface area contributed by atoms with Gasteiger partial charge in [-0.1, -0.05) is 194 Å². The van der Waals surface area contributed by atoms with Gasteiger partial charge in [0.15, 0.2) is 0 Å². The lowest BCUT2D eigenvalue weighted by molar-refractivity contribution is 1.34. The van der Waals surface area contributed by atoms with Crippen molar-refractivity contribution in [2.75, 3.05) is 0 Å². The summed E-state index contributed by atoms with van der Waals surface area (Å²) in [4.78, 5) is 32.6. The van der Waals surface area contributed by atoms with Crippen LogP contribution in [0.3, 0.4) is 0 Å². The van der Waals surface area contributed by atoms with E-state index in [2.05, 4.69) is 255 Å². The van der Waals surface area contributed by atoms with E-state index in [4.69, 9.17) is 29.9 Å². The molecule has 0 saturated carbocycles. The molecule has 0 fully saturated rings. The zero-order valence-corrected chi connectivity index (χ0v) is 41.9. The fraction of sp³-hybridized carbons (Fsp3) is 0. The number of aromatic nitrogens is 6. The molecule has 0 bridgehead atoms. The van der Waals surface area contributed by atoms with Gasteiger partial charge in [0.05, 0.1) is 67.3 Å².